The van der Waals surface area contributed by atoms with Gasteiger partial charge in [0.1, 0.15) is 11.5 Å². The third kappa shape index (κ3) is 3.97. The van der Waals surface area contributed by atoms with Crippen molar-refractivity contribution in [1.82, 2.24) is 0 Å². The second-order valence-electron chi connectivity index (χ2n) is 6.13. The molecule has 7 nitrogen and oxygen atoms in total. The van der Waals surface area contributed by atoms with Crippen molar-refractivity contribution >= 4 is 29.0 Å². The molecule has 1 heterocycles. The van der Waals surface area contributed by atoms with E-state index in [1.807, 2.05) is 19.1 Å². The molecule has 1 aliphatic rings. The van der Waals surface area contributed by atoms with Crippen molar-refractivity contribution in [2.24, 2.45) is 0 Å². The summed E-state index contributed by atoms with van der Waals surface area (Å²) in [6.07, 6.45) is 1.16. The van der Waals surface area contributed by atoms with Gasteiger partial charge in [0.05, 0.1) is 19.9 Å². The minimum Gasteiger partial charge on any atom is -0.497 e. The average molecular weight is 369 g/mol. The van der Waals surface area contributed by atoms with E-state index in [0.717, 1.165) is 11.3 Å². The Kier molecular flexibility index (Phi) is 5.49. The van der Waals surface area contributed by atoms with Gasteiger partial charge in [-0.05, 0) is 49.2 Å². The maximum absolute atomic E-state index is 12.4. The second kappa shape index (κ2) is 7.99. The number of aryl methyl sites for hydroxylation is 1. The van der Waals surface area contributed by atoms with Crippen LogP contribution in [0.25, 0.3) is 0 Å². The van der Waals surface area contributed by atoms with Gasteiger partial charge < -0.3 is 25.0 Å². The SMILES string of the molecule is CCN1C(=O)CCc2cc(NC(=O)Nc3ccc(OC)cc3OC)ccc21. The summed E-state index contributed by atoms with van der Waals surface area (Å²) in [5, 5.41) is 5.60. The van der Waals surface area contributed by atoms with Gasteiger partial charge in [-0.25, -0.2) is 4.79 Å². The zero-order valence-electron chi connectivity index (χ0n) is 15.7. The molecule has 0 fully saturated rings. The predicted molar refractivity (Wildman–Crippen MR) is 105 cm³/mol. The van der Waals surface area contributed by atoms with Crippen LogP contribution < -0.4 is 25.0 Å². The second-order valence-corrected chi connectivity index (χ2v) is 6.13. The van der Waals surface area contributed by atoms with E-state index in [1.54, 1.807) is 36.3 Å². The Bertz CT molecular complexity index is 866. The molecule has 142 valence electrons. The number of carbonyl (C=O) groups is 2. The first-order chi connectivity index (χ1) is 13.0. The van der Waals surface area contributed by atoms with Crippen LogP contribution in [0.5, 0.6) is 11.5 Å². The first-order valence-corrected chi connectivity index (χ1v) is 8.79. The van der Waals surface area contributed by atoms with E-state index >= 15 is 0 Å². The fourth-order valence-electron chi connectivity index (χ4n) is 3.17. The zero-order chi connectivity index (χ0) is 19.4. The van der Waals surface area contributed by atoms with Gasteiger partial charge in [0, 0.05) is 30.4 Å². The fourth-order valence-corrected chi connectivity index (χ4v) is 3.17. The number of ether oxygens (including phenoxy) is 2. The van der Waals surface area contributed by atoms with Gasteiger partial charge in [0.25, 0.3) is 0 Å². The molecule has 0 atom stereocenters. The molecule has 0 radical (unpaired) electrons. The summed E-state index contributed by atoms with van der Waals surface area (Å²) < 4.78 is 10.4. The molecular weight excluding hydrogens is 346 g/mol. The Morgan fingerprint density at radius 3 is 2.59 bits per heavy atom. The number of anilines is 3. The molecule has 3 rings (SSSR count). The first-order valence-electron chi connectivity index (χ1n) is 8.79. The highest BCUT2D eigenvalue weighted by Gasteiger charge is 2.23. The van der Waals surface area contributed by atoms with Gasteiger partial charge >= 0.3 is 6.03 Å². The third-order valence-corrected chi connectivity index (χ3v) is 4.51. The van der Waals surface area contributed by atoms with Gasteiger partial charge in [-0.2, -0.15) is 0 Å². The van der Waals surface area contributed by atoms with Crippen LogP contribution >= 0.6 is 0 Å². The largest absolute Gasteiger partial charge is 0.497 e. The maximum Gasteiger partial charge on any atom is 0.323 e. The number of fused-ring (bicyclic) bond motifs is 1. The van der Waals surface area contributed by atoms with Gasteiger partial charge in [-0.15, -0.1) is 0 Å². The highest BCUT2D eigenvalue weighted by molar-refractivity contribution is 6.01. The number of methoxy groups -OCH3 is 2. The van der Waals surface area contributed by atoms with Crippen LogP contribution in [0, 0.1) is 0 Å². The molecule has 0 aliphatic carbocycles. The molecule has 2 aromatic carbocycles. The van der Waals surface area contributed by atoms with Crippen LogP contribution in [-0.4, -0.2) is 32.7 Å². The average Bonchev–Trinajstić information content (AvgIpc) is 2.68. The van der Waals surface area contributed by atoms with Gasteiger partial charge in [0.15, 0.2) is 0 Å². The van der Waals surface area contributed by atoms with Crippen molar-refractivity contribution in [2.75, 3.05) is 36.3 Å². The summed E-state index contributed by atoms with van der Waals surface area (Å²) in [5.74, 6) is 1.28. The number of amides is 3. The summed E-state index contributed by atoms with van der Waals surface area (Å²) in [4.78, 5) is 26.1. The molecule has 0 spiro atoms. The van der Waals surface area contributed by atoms with Gasteiger partial charge in [-0.3, -0.25) is 4.79 Å². The van der Waals surface area contributed by atoms with Crippen LogP contribution in [0.1, 0.15) is 18.9 Å². The topological polar surface area (TPSA) is 79.9 Å². The number of benzene rings is 2. The molecule has 3 amide bonds. The molecular formula is C20H23N3O4. The first kappa shape index (κ1) is 18.6. The van der Waals surface area contributed by atoms with E-state index in [1.165, 1.54) is 7.11 Å². The van der Waals surface area contributed by atoms with Crippen molar-refractivity contribution in [3.8, 4) is 11.5 Å². The molecule has 1 aliphatic heterocycles. The third-order valence-electron chi connectivity index (χ3n) is 4.51. The molecule has 0 unspecified atom stereocenters. The van der Waals surface area contributed by atoms with E-state index in [4.69, 9.17) is 9.47 Å². The number of rotatable bonds is 5. The maximum atomic E-state index is 12.4. The Balaban J connectivity index is 1.73. The lowest BCUT2D eigenvalue weighted by Crippen LogP contribution is -2.34. The highest BCUT2D eigenvalue weighted by atomic mass is 16.5. The van der Waals surface area contributed by atoms with E-state index in [0.29, 0.717) is 42.3 Å². The smallest absolute Gasteiger partial charge is 0.323 e. The van der Waals surface area contributed by atoms with Crippen LogP contribution in [0.2, 0.25) is 0 Å². The minimum absolute atomic E-state index is 0.134. The Hall–Kier alpha value is -3.22. The summed E-state index contributed by atoms with van der Waals surface area (Å²) >= 11 is 0. The lowest BCUT2D eigenvalue weighted by molar-refractivity contribution is -0.118. The number of carbonyl (C=O) groups excluding carboxylic acids is 2. The van der Waals surface area contributed by atoms with Crippen LogP contribution in [0.4, 0.5) is 21.9 Å². The van der Waals surface area contributed by atoms with Gasteiger partial charge in [0.2, 0.25) is 5.91 Å². The molecule has 0 bridgehead atoms. The summed E-state index contributed by atoms with van der Waals surface area (Å²) in [5.41, 5.74) is 3.17. The standard InChI is InChI=1S/C20H23N3O4/c1-4-23-17-9-6-14(11-13(17)5-10-19(23)24)21-20(25)22-16-8-7-15(26-2)12-18(16)27-3/h6-9,11-12H,4-5,10H2,1-3H3,(H2,21,22,25). The Morgan fingerprint density at radius 2 is 1.89 bits per heavy atom. The zero-order valence-corrected chi connectivity index (χ0v) is 15.7. The molecule has 0 saturated carbocycles. The van der Waals surface area contributed by atoms with Gasteiger partial charge in [-0.1, -0.05) is 0 Å². The number of nitrogens with zero attached hydrogens (tertiary/aromatic N) is 1. The molecule has 0 saturated heterocycles. The highest BCUT2D eigenvalue weighted by Crippen LogP contribution is 2.31. The number of nitrogens with one attached hydrogen (secondary N) is 2. The predicted octanol–water partition coefficient (Wildman–Crippen LogP) is 3.65. The Labute approximate surface area is 158 Å². The molecule has 2 N–H and O–H groups in total. The fraction of sp³-hybridized carbons (Fsp3) is 0.300. The van der Waals surface area contributed by atoms with Crippen molar-refractivity contribution in [3.05, 3.63) is 42.0 Å². The number of urea groups is 1. The summed E-state index contributed by atoms with van der Waals surface area (Å²) in [6.45, 7) is 2.59. The van der Waals surface area contributed by atoms with Crippen LogP contribution in [0.3, 0.4) is 0 Å². The van der Waals surface area contributed by atoms with Crippen molar-refractivity contribution in [3.63, 3.8) is 0 Å². The van der Waals surface area contributed by atoms with E-state index < -0.39 is 0 Å². The van der Waals surface area contributed by atoms with Crippen LogP contribution in [-0.2, 0) is 11.2 Å². The normalized spacial score (nSPS) is 13.0. The summed E-state index contributed by atoms with van der Waals surface area (Å²) in [7, 11) is 3.10. The van der Waals surface area contributed by atoms with E-state index in [-0.39, 0.29) is 11.9 Å². The minimum atomic E-state index is -0.377. The molecule has 0 aromatic heterocycles. The number of hydrogen-bond donors (Lipinski definition) is 2. The van der Waals surface area contributed by atoms with Crippen molar-refractivity contribution < 1.29 is 19.1 Å². The van der Waals surface area contributed by atoms with E-state index in [2.05, 4.69) is 10.6 Å². The lowest BCUT2D eigenvalue weighted by atomic mass is 10.0. The Morgan fingerprint density at radius 1 is 1.07 bits per heavy atom. The van der Waals surface area contributed by atoms with Crippen molar-refractivity contribution in [1.29, 1.82) is 0 Å². The monoisotopic (exact) mass is 369 g/mol. The molecule has 2 aromatic rings. The number of hydrogen-bond acceptors (Lipinski definition) is 4. The lowest BCUT2D eigenvalue weighted by Gasteiger charge is -2.28. The quantitative estimate of drug-likeness (QED) is 0.843. The summed E-state index contributed by atoms with van der Waals surface area (Å²) in [6, 6.07) is 10.4. The molecule has 7 heteroatoms. The molecule has 27 heavy (non-hydrogen) atoms. The van der Waals surface area contributed by atoms with Crippen molar-refractivity contribution in [2.45, 2.75) is 19.8 Å². The van der Waals surface area contributed by atoms with Crippen LogP contribution in [0.15, 0.2) is 36.4 Å². The van der Waals surface area contributed by atoms with E-state index in [9.17, 15) is 9.59 Å².